The molecule has 0 amide bonds. The highest BCUT2D eigenvalue weighted by Crippen LogP contribution is 2.28. The third kappa shape index (κ3) is 17.8. The molecule has 0 aliphatic rings. The maximum Gasteiger partial charge on any atom is 0.365 e. The van der Waals surface area contributed by atoms with Crippen molar-refractivity contribution in [2.45, 2.75) is 123 Å². The van der Waals surface area contributed by atoms with E-state index < -0.39 is 65.9 Å². The maximum atomic E-state index is 12.6. The predicted molar refractivity (Wildman–Crippen MR) is 183 cm³/mol. The first-order chi connectivity index (χ1) is 18.4. The molecule has 13 heteroatoms. The van der Waals surface area contributed by atoms with Crippen molar-refractivity contribution in [3.8, 4) is 0 Å². The molecule has 0 N–H and O–H groups in total. The minimum atomic E-state index is -2.15. The van der Waals surface area contributed by atoms with E-state index in [0.717, 1.165) is 0 Å². The van der Waals surface area contributed by atoms with Crippen LogP contribution in [-0.2, 0) is 27.0 Å². The fraction of sp³-hybridized carbons (Fsp3) is 0.714. The Hall–Kier alpha value is -0.756. The highest BCUT2D eigenvalue weighted by Gasteiger charge is 2.44. The van der Waals surface area contributed by atoms with Crippen LogP contribution in [0.25, 0.3) is 0 Å². The molecule has 0 aliphatic heterocycles. The molecule has 0 saturated heterocycles. The first-order valence-corrected chi connectivity index (χ1v) is 31.5. The summed E-state index contributed by atoms with van der Waals surface area (Å²) in [6, 6.07) is 8.81. The van der Waals surface area contributed by atoms with E-state index in [1.807, 2.05) is 6.07 Å². The topological polar surface area (TPSA) is 84.8 Å². The van der Waals surface area contributed by atoms with Crippen LogP contribution in [0.4, 0.5) is 0 Å². The molecule has 0 aromatic heterocycles. The average molecular weight is 660 g/mol. The van der Waals surface area contributed by atoms with Crippen molar-refractivity contribution in [2.75, 3.05) is 6.61 Å². The summed E-state index contributed by atoms with van der Waals surface area (Å²) in [4.78, 5) is 17.9. The molecule has 236 valence electrons. The van der Waals surface area contributed by atoms with Crippen LogP contribution in [-0.4, -0.2) is 84.8 Å². The number of hydrogen-bond donors (Lipinski definition) is 0. The highest BCUT2D eigenvalue weighted by molar-refractivity contribution is 6.71. The van der Waals surface area contributed by atoms with Gasteiger partial charge in [-0.25, -0.2) is 4.79 Å². The predicted octanol–water partition coefficient (Wildman–Crippen LogP) is 7.56. The Morgan fingerprint density at radius 1 is 0.659 bits per heavy atom. The number of rotatable bonds is 17. The van der Waals surface area contributed by atoms with Crippen molar-refractivity contribution in [2.24, 2.45) is 5.16 Å². The summed E-state index contributed by atoms with van der Waals surface area (Å²) >= 11 is 0. The summed E-state index contributed by atoms with van der Waals surface area (Å²) in [6.45, 7) is 32.8. The number of oxime groups is 1. The third-order valence-corrected chi connectivity index (χ3v) is 10.0. The fourth-order valence-electron chi connectivity index (χ4n) is 3.83. The van der Waals surface area contributed by atoms with Gasteiger partial charge in [0.1, 0.15) is 12.2 Å². The molecule has 0 saturated carbocycles. The molecule has 1 rings (SSSR count). The van der Waals surface area contributed by atoms with E-state index in [4.69, 9.17) is 27.0 Å². The van der Waals surface area contributed by atoms with Crippen LogP contribution in [0, 0.1) is 0 Å². The summed E-state index contributed by atoms with van der Waals surface area (Å²) < 4.78 is 33.8. The van der Waals surface area contributed by atoms with Gasteiger partial charge in [0.05, 0.1) is 30.6 Å². The molecule has 0 fully saturated rings. The molecule has 0 spiro atoms. The Labute approximate surface area is 255 Å². The van der Waals surface area contributed by atoms with Gasteiger partial charge in [0.15, 0.2) is 41.6 Å². The van der Waals surface area contributed by atoms with Crippen LogP contribution in [0.15, 0.2) is 35.5 Å². The van der Waals surface area contributed by atoms with Crippen LogP contribution in [0.3, 0.4) is 0 Å². The number of carbonyl (C=O) groups excluding carboxylic acids is 1. The van der Waals surface area contributed by atoms with Crippen LogP contribution in [0.5, 0.6) is 0 Å². The third-order valence-electron chi connectivity index (χ3n) is 5.02. The zero-order valence-electron chi connectivity index (χ0n) is 28.3. The number of benzene rings is 1. The lowest BCUT2D eigenvalue weighted by atomic mass is 10.0. The van der Waals surface area contributed by atoms with Gasteiger partial charge in [-0.2, -0.15) is 0 Å². The smallest absolute Gasteiger partial charge is 0.365 e. The summed E-state index contributed by atoms with van der Waals surface area (Å²) in [5.74, 6) is -0.533. The summed E-state index contributed by atoms with van der Waals surface area (Å²) in [6.07, 6.45) is -0.456. The second kappa shape index (κ2) is 15.3. The van der Waals surface area contributed by atoms with Crippen LogP contribution >= 0.6 is 0 Å². The summed E-state index contributed by atoms with van der Waals surface area (Å²) in [7, 11) is -10.3. The first kappa shape index (κ1) is 38.3. The molecule has 1 aromatic rings. The van der Waals surface area contributed by atoms with E-state index in [1.54, 1.807) is 30.5 Å². The van der Waals surface area contributed by atoms with Gasteiger partial charge >= 0.3 is 5.97 Å². The summed E-state index contributed by atoms with van der Waals surface area (Å²) in [5, 5.41) is 4.14. The molecule has 8 nitrogen and oxygen atoms in total. The van der Waals surface area contributed by atoms with Crippen LogP contribution in [0.2, 0.25) is 98.2 Å². The highest BCUT2D eigenvalue weighted by atomic mass is 28.4. The van der Waals surface area contributed by atoms with E-state index in [9.17, 15) is 4.79 Å². The number of carbonyl (C=O) groups is 1. The molecule has 1 aromatic carbocycles. The SMILES string of the molecule is C[Si](C)(C)OC[C@@H](O[Si](C)(C)C)[C@H](O[Si](C)(C)C)[C@H](O[Si](C)(C)C)[C@H](/C=N/OC(=O)c1ccccc1)O[Si](C)(C)C. The van der Waals surface area contributed by atoms with Gasteiger partial charge in [-0.3, -0.25) is 0 Å². The van der Waals surface area contributed by atoms with Gasteiger partial charge in [0.2, 0.25) is 0 Å². The zero-order valence-corrected chi connectivity index (χ0v) is 33.3. The van der Waals surface area contributed by atoms with Gasteiger partial charge in [-0.15, -0.1) is 0 Å². The largest absolute Gasteiger partial charge is 0.415 e. The van der Waals surface area contributed by atoms with E-state index in [2.05, 4.69) is 103 Å². The lowest BCUT2D eigenvalue weighted by molar-refractivity contribution is -0.0732. The molecule has 0 heterocycles. The molecular weight excluding hydrogens is 603 g/mol. The van der Waals surface area contributed by atoms with Crippen molar-refractivity contribution in [1.82, 2.24) is 0 Å². The fourth-order valence-corrected chi connectivity index (χ4v) is 8.80. The van der Waals surface area contributed by atoms with Gasteiger partial charge in [-0.1, -0.05) is 23.4 Å². The molecule has 0 unspecified atom stereocenters. The lowest BCUT2D eigenvalue weighted by Crippen LogP contribution is -2.60. The molecule has 0 aliphatic carbocycles. The molecular formula is C28H57NO7Si5. The Bertz CT molecular complexity index is 962. The van der Waals surface area contributed by atoms with Crippen molar-refractivity contribution in [3.05, 3.63) is 35.9 Å². The first-order valence-electron chi connectivity index (χ1n) is 14.5. The van der Waals surface area contributed by atoms with Crippen molar-refractivity contribution in [3.63, 3.8) is 0 Å². The molecule has 0 bridgehead atoms. The van der Waals surface area contributed by atoms with Crippen LogP contribution in [0.1, 0.15) is 10.4 Å². The van der Waals surface area contributed by atoms with Gasteiger partial charge in [-0.05, 0) is 110 Å². The molecule has 41 heavy (non-hydrogen) atoms. The molecule has 0 radical (unpaired) electrons. The van der Waals surface area contributed by atoms with E-state index in [0.29, 0.717) is 12.2 Å². The average Bonchev–Trinajstić information content (AvgIpc) is 2.75. The van der Waals surface area contributed by atoms with E-state index in [-0.39, 0.29) is 6.10 Å². The van der Waals surface area contributed by atoms with E-state index >= 15 is 0 Å². The summed E-state index contributed by atoms with van der Waals surface area (Å²) in [5.41, 5.74) is 0.425. The molecule has 4 atom stereocenters. The Morgan fingerprint density at radius 2 is 1.12 bits per heavy atom. The second-order valence-electron chi connectivity index (χ2n) is 15.3. The monoisotopic (exact) mass is 659 g/mol. The Morgan fingerprint density at radius 3 is 1.56 bits per heavy atom. The zero-order chi connectivity index (χ0) is 31.9. The van der Waals surface area contributed by atoms with Crippen molar-refractivity contribution in [1.29, 1.82) is 0 Å². The minimum Gasteiger partial charge on any atom is -0.415 e. The van der Waals surface area contributed by atoms with Crippen molar-refractivity contribution >= 4 is 53.8 Å². The van der Waals surface area contributed by atoms with Gasteiger partial charge in [0.25, 0.3) is 0 Å². The number of nitrogens with zero attached hydrogens (tertiary/aromatic N) is 1. The minimum absolute atomic E-state index is 0.366. The van der Waals surface area contributed by atoms with Gasteiger partial charge in [0, 0.05) is 0 Å². The second-order valence-corrected chi connectivity index (χ2v) is 37.6. The van der Waals surface area contributed by atoms with Crippen molar-refractivity contribution < 1.29 is 31.8 Å². The van der Waals surface area contributed by atoms with Gasteiger partial charge < -0.3 is 27.0 Å². The lowest BCUT2D eigenvalue weighted by Gasteiger charge is -2.45. The Balaban J connectivity index is 3.66. The normalized spacial score (nSPS) is 16.9. The number of hydrogen-bond acceptors (Lipinski definition) is 8. The quantitative estimate of drug-likeness (QED) is 0.0739. The maximum absolute atomic E-state index is 12.6. The Kier molecular flexibility index (Phi) is 14.3. The standard InChI is InChI=1S/C28H57NO7Si5/c1-37(2,3)31-22-25(34-39(7,8)9)27(36-41(13,14)15)26(35-40(10,11)12)24(33-38(4,5)6)21-29-32-28(30)23-19-17-16-18-20-23/h16-21,24-27H,22H2,1-15H3/b29-21+/t24-,25+,26+,27-/m0/s1. The van der Waals surface area contributed by atoms with Crippen LogP contribution < -0.4 is 0 Å². The van der Waals surface area contributed by atoms with E-state index in [1.165, 1.54) is 0 Å².